The van der Waals surface area contributed by atoms with E-state index in [1.165, 1.54) is 4.90 Å². The van der Waals surface area contributed by atoms with Gasteiger partial charge in [-0.25, -0.2) is 13.6 Å². The molecular weight excluding hydrogens is 490 g/mol. The minimum atomic E-state index is -3.12. The van der Waals surface area contributed by atoms with Crippen molar-refractivity contribution in [1.29, 1.82) is 0 Å². The maximum absolute atomic E-state index is 13.6. The van der Waals surface area contributed by atoms with Gasteiger partial charge in [0.1, 0.15) is 12.1 Å². The molecule has 2 rings (SSSR count). The van der Waals surface area contributed by atoms with E-state index in [0.29, 0.717) is 13.3 Å². The Morgan fingerprint density at radius 2 is 1.62 bits per heavy atom. The first-order chi connectivity index (χ1) is 16.8. The van der Waals surface area contributed by atoms with Gasteiger partial charge in [-0.2, -0.15) is 0 Å². The molecule has 0 unspecified atom stereocenters. The van der Waals surface area contributed by atoms with Crippen molar-refractivity contribution in [2.45, 2.75) is 110 Å². The van der Waals surface area contributed by atoms with Crippen LogP contribution in [0.2, 0.25) is 0 Å². The molecule has 1 aliphatic heterocycles. The number of Topliss-reactive ketones (excluding diaryl/α,β-unsaturated/α-hetero) is 1. The Morgan fingerprint density at radius 1 is 1.03 bits per heavy atom. The molecule has 0 radical (unpaired) electrons. The number of nitrogens with zero attached hydrogens (tertiary/aromatic N) is 1. The summed E-state index contributed by atoms with van der Waals surface area (Å²) in [6.45, 7) is 9.72. The molecule has 12 heteroatoms. The lowest BCUT2D eigenvalue weighted by Gasteiger charge is -2.45. The molecule has 4 amide bonds. The fourth-order valence-corrected chi connectivity index (χ4v) is 4.35. The molecule has 0 aromatic carbocycles. The van der Waals surface area contributed by atoms with Crippen molar-refractivity contribution < 1.29 is 37.9 Å². The summed E-state index contributed by atoms with van der Waals surface area (Å²) in [7, 11) is 0. The lowest BCUT2D eigenvalue weighted by Crippen LogP contribution is -2.63. The first-order valence-electron chi connectivity index (χ1n) is 12.6. The van der Waals surface area contributed by atoms with Gasteiger partial charge < -0.3 is 26.0 Å². The highest BCUT2D eigenvalue weighted by molar-refractivity contribution is 6.38. The van der Waals surface area contributed by atoms with Crippen molar-refractivity contribution in [2.75, 3.05) is 6.54 Å². The fourth-order valence-electron chi connectivity index (χ4n) is 4.35. The SMILES string of the molecule is CC(F)(F)CC[C@H](NC(=O)[C@@H]1CCC(C)(C)CN1C(=O)[C@@H](NC(=O)O)C(C)(C)C)C(=O)C(=O)NC1CC1. The van der Waals surface area contributed by atoms with Crippen molar-refractivity contribution in [3.8, 4) is 0 Å². The monoisotopic (exact) mass is 530 g/mol. The normalized spacial score (nSPS) is 21.4. The molecule has 1 saturated heterocycles. The predicted molar refractivity (Wildman–Crippen MR) is 131 cm³/mol. The van der Waals surface area contributed by atoms with Crippen LogP contribution in [0.4, 0.5) is 13.6 Å². The van der Waals surface area contributed by atoms with Crippen molar-refractivity contribution in [1.82, 2.24) is 20.9 Å². The van der Waals surface area contributed by atoms with Crippen LogP contribution in [0.3, 0.4) is 0 Å². The third kappa shape index (κ3) is 9.23. The Bertz CT molecular complexity index is 908. The van der Waals surface area contributed by atoms with Crippen LogP contribution in [0.15, 0.2) is 0 Å². The van der Waals surface area contributed by atoms with E-state index in [-0.39, 0.29) is 24.4 Å². The Hall–Kier alpha value is -2.79. The summed E-state index contributed by atoms with van der Waals surface area (Å²) < 4.78 is 27.2. The van der Waals surface area contributed by atoms with Crippen LogP contribution in [0, 0.1) is 10.8 Å². The van der Waals surface area contributed by atoms with Gasteiger partial charge in [0.05, 0.1) is 6.04 Å². The lowest BCUT2D eigenvalue weighted by atomic mass is 9.79. The van der Waals surface area contributed by atoms with Gasteiger partial charge in [-0.3, -0.25) is 19.2 Å². The highest BCUT2D eigenvalue weighted by atomic mass is 19.3. The molecule has 0 aromatic rings. The number of hydrogen-bond donors (Lipinski definition) is 4. The zero-order chi connectivity index (χ0) is 28.3. The average Bonchev–Trinajstić information content (AvgIpc) is 3.55. The van der Waals surface area contributed by atoms with Gasteiger partial charge in [0.2, 0.25) is 23.5 Å². The van der Waals surface area contributed by atoms with Gasteiger partial charge in [-0.1, -0.05) is 34.6 Å². The summed E-state index contributed by atoms with van der Waals surface area (Å²) in [5, 5.41) is 16.5. The molecular formula is C25H40F2N4O6. The topological polar surface area (TPSA) is 145 Å². The van der Waals surface area contributed by atoms with Crippen LogP contribution >= 0.6 is 0 Å². The molecule has 2 fully saturated rings. The van der Waals surface area contributed by atoms with E-state index in [0.717, 1.165) is 12.8 Å². The van der Waals surface area contributed by atoms with E-state index in [2.05, 4.69) is 16.0 Å². The number of ketones is 1. The molecule has 0 spiro atoms. The quantitative estimate of drug-likeness (QED) is 0.319. The van der Waals surface area contributed by atoms with E-state index in [4.69, 9.17) is 0 Å². The Balaban J connectivity index is 2.30. The van der Waals surface area contributed by atoms with Gasteiger partial charge in [-0.15, -0.1) is 0 Å². The number of likely N-dealkylation sites (tertiary alicyclic amines) is 1. The van der Waals surface area contributed by atoms with Crippen molar-refractivity contribution in [3.63, 3.8) is 0 Å². The fraction of sp³-hybridized carbons (Fsp3) is 0.800. The summed E-state index contributed by atoms with van der Waals surface area (Å²) in [6.07, 6.45) is -0.366. The first kappa shape index (κ1) is 30.4. The molecule has 2 aliphatic rings. The summed E-state index contributed by atoms with van der Waals surface area (Å²) in [4.78, 5) is 64.8. The van der Waals surface area contributed by atoms with Crippen LogP contribution < -0.4 is 16.0 Å². The van der Waals surface area contributed by atoms with Gasteiger partial charge in [0.15, 0.2) is 0 Å². The number of carbonyl (C=O) groups excluding carboxylic acids is 4. The number of alkyl halides is 2. The summed E-state index contributed by atoms with van der Waals surface area (Å²) in [5.41, 5.74) is -1.19. The molecule has 4 N–H and O–H groups in total. The van der Waals surface area contributed by atoms with E-state index < -0.39 is 71.9 Å². The zero-order valence-electron chi connectivity index (χ0n) is 22.5. The zero-order valence-corrected chi connectivity index (χ0v) is 22.5. The first-order valence-corrected chi connectivity index (χ1v) is 12.6. The van der Waals surface area contributed by atoms with E-state index in [1.54, 1.807) is 20.8 Å². The molecule has 0 bridgehead atoms. The standard InChI is InChI=1S/C25H40F2N4O6/c1-23(2,3)18(30-22(36)37)21(35)31-13-24(4,5)11-10-16(31)19(33)29-15(9-12-25(6,26)27)17(32)20(34)28-14-7-8-14/h14-16,18,30H,7-13H2,1-6H3,(H,28,34)(H,29,33)(H,36,37)/t15-,16-,18+/m0/s1. The number of carbonyl (C=O) groups is 5. The third-order valence-electron chi connectivity index (χ3n) is 6.68. The van der Waals surface area contributed by atoms with Gasteiger partial charge >= 0.3 is 6.09 Å². The summed E-state index contributed by atoms with van der Waals surface area (Å²) in [5.74, 6) is -6.42. The highest BCUT2D eigenvalue weighted by Crippen LogP contribution is 2.34. The smallest absolute Gasteiger partial charge is 0.405 e. The van der Waals surface area contributed by atoms with E-state index in [1.807, 2.05) is 13.8 Å². The van der Waals surface area contributed by atoms with E-state index >= 15 is 0 Å². The van der Waals surface area contributed by atoms with Crippen LogP contribution in [0.5, 0.6) is 0 Å². The molecule has 3 atom stereocenters. The third-order valence-corrected chi connectivity index (χ3v) is 6.68. The largest absolute Gasteiger partial charge is 0.465 e. The molecule has 37 heavy (non-hydrogen) atoms. The van der Waals surface area contributed by atoms with Crippen LogP contribution in [-0.2, 0) is 19.2 Å². The predicted octanol–water partition coefficient (Wildman–Crippen LogP) is 2.45. The van der Waals surface area contributed by atoms with Gasteiger partial charge in [0.25, 0.3) is 5.91 Å². The van der Waals surface area contributed by atoms with Crippen LogP contribution in [-0.4, -0.2) is 76.2 Å². The van der Waals surface area contributed by atoms with Crippen LogP contribution in [0.25, 0.3) is 0 Å². The number of carboxylic acid groups (broad SMARTS) is 1. The Morgan fingerprint density at radius 3 is 2.11 bits per heavy atom. The molecule has 1 saturated carbocycles. The molecule has 0 aromatic heterocycles. The number of nitrogens with one attached hydrogen (secondary N) is 3. The maximum atomic E-state index is 13.6. The maximum Gasteiger partial charge on any atom is 0.405 e. The van der Waals surface area contributed by atoms with Gasteiger partial charge in [-0.05, 0) is 49.9 Å². The number of hydrogen-bond acceptors (Lipinski definition) is 5. The summed E-state index contributed by atoms with van der Waals surface area (Å²) in [6, 6.07) is -3.84. The minimum Gasteiger partial charge on any atom is -0.465 e. The second-order valence-corrected chi connectivity index (χ2v) is 12.2. The number of halogens is 2. The van der Waals surface area contributed by atoms with Crippen LogP contribution in [0.1, 0.15) is 80.1 Å². The number of amides is 4. The van der Waals surface area contributed by atoms with Crippen molar-refractivity contribution in [2.24, 2.45) is 10.8 Å². The second kappa shape index (κ2) is 11.3. The number of rotatable bonds is 10. The highest BCUT2D eigenvalue weighted by Gasteiger charge is 2.45. The molecule has 210 valence electrons. The molecule has 10 nitrogen and oxygen atoms in total. The lowest BCUT2D eigenvalue weighted by molar-refractivity contribution is -0.150. The second-order valence-electron chi connectivity index (χ2n) is 12.2. The average molecular weight is 531 g/mol. The minimum absolute atomic E-state index is 0.134. The molecule has 1 aliphatic carbocycles. The Kier molecular flexibility index (Phi) is 9.30. The van der Waals surface area contributed by atoms with Crippen molar-refractivity contribution in [3.05, 3.63) is 0 Å². The number of piperidine rings is 1. The van der Waals surface area contributed by atoms with Gasteiger partial charge in [0, 0.05) is 19.0 Å². The Labute approximate surface area is 216 Å². The molecule has 1 heterocycles. The van der Waals surface area contributed by atoms with Crippen molar-refractivity contribution >= 4 is 29.6 Å². The summed E-state index contributed by atoms with van der Waals surface area (Å²) >= 11 is 0. The van der Waals surface area contributed by atoms with E-state index in [9.17, 15) is 37.9 Å².